The van der Waals surface area contributed by atoms with Crippen LogP contribution in [-0.4, -0.2) is 41.3 Å². The molecule has 0 heterocycles. The summed E-state index contributed by atoms with van der Waals surface area (Å²) in [5.41, 5.74) is 5.25. The summed E-state index contributed by atoms with van der Waals surface area (Å²) in [4.78, 5) is 20.8. The van der Waals surface area contributed by atoms with E-state index in [1.54, 1.807) is 0 Å². The normalized spacial score (nSPS) is 12.4. The lowest BCUT2D eigenvalue weighted by molar-refractivity contribution is -0.145. The van der Waals surface area contributed by atoms with Crippen LogP contribution in [0.25, 0.3) is 0 Å². The largest absolute Gasteiger partial charge is 0.481 e. The van der Waals surface area contributed by atoms with Crippen LogP contribution in [0.15, 0.2) is 0 Å². The zero-order chi connectivity index (χ0) is 11.0. The first-order chi connectivity index (χ1) is 6.57. The lowest BCUT2D eigenvalue weighted by Gasteiger charge is -2.11. The third-order valence-electron chi connectivity index (χ3n) is 1.70. The molecule has 0 aliphatic rings. The lowest BCUT2D eigenvalue weighted by atomic mass is 10.2. The maximum Gasteiger partial charge on any atom is 0.321 e. The number of hydrogen-bond acceptors (Lipinski definition) is 4. The van der Waals surface area contributed by atoms with E-state index in [9.17, 15) is 9.59 Å². The molecule has 6 heteroatoms. The number of hydrogen-bond donors (Lipinski definition) is 4. The molecular weight excluding hydrogens is 188 g/mol. The summed E-state index contributed by atoms with van der Waals surface area (Å²) >= 11 is 0. The van der Waals surface area contributed by atoms with E-state index in [0.29, 0.717) is 13.1 Å². The summed E-state index contributed by atoms with van der Waals surface area (Å²) in [6, 6.07) is -1.01. The van der Waals surface area contributed by atoms with Crippen molar-refractivity contribution in [3.8, 4) is 0 Å². The minimum Gasteiger partial charge on any atom is -0.481 e. The smallest absolute Gasteiger partial charge is 0.321 e. The van der Waals surface area contributed by atoms with Gasteiger partial charge in [0.2, 0.25) is 0 Å². The highest BCUT2D eigenvalue weighted by atomic mass is 16.4. The fourth-order valence-electron chi connectivity index (χ4n) is 0.967. The van der Waals surface area contributed by atoms with E-state index < -0.39 is 24.4 Å². The second kappa shape index (κ2) is 7.28. The Morgan fingerprint density at radius 2 is 1.93 bits per heavy atom. The highest BCUT2D eigenvalue weighted by Gasteiger charge is 2.19. The SMILES string of the molecule is NCCCCNC(CC(=O)O)C(=O)O. The Kier molecular flexibility index (Phi) is 6.69. The molecule has 14 heavy (non-hydrogen) atoms. The van der Waals surface area contributed by atoms with Gasteiger partial charge in [0.1, 0.15) is 6.04 Å². The molecule has 0 aliphatic carbocycles. The number of carboxylic acids is 2. The Morgan fingerprint density at radius 3 is 2.36 bits per heavy atom. The summed E-state index contributed by atoms with van der Waals surface area (Å²) < 4.78 is 0. The van der Waals surface area contributed by atoms with E-state index in [4.69, 9.17) is 15.9 Å². The van der Waals surface area contributed by atoms with E-state index in [0.717, 1.165) is 12.8 Å². The highest BCUT2D eigenvalue weighted by Crippen LogP contribution is 1.93. The van der Waals surface area contributed by atoms with Crippen LogP contribution >= 0.6 is 0 Å². The molecular formula is C8H16N2O4. The molecule has 0 rings (SSSR count). The van der Waals surface area contributed by atoms with Crippen molar-refractivity contribution in [2.45, 2.75) is 25.3 Å². The molecule has 5 N–H and O–H groups in total. The lowest BCUT2D eigenvalue weighted by Crippen LogP contribution is -2.39. The molecule has 0 aromatic heterocycles. The molecule has 0 radical (unpaired) electrons. The first-order valence-corrected chi connectivity index (χ1v) is 4.46. The number of carbonyl (C=O) groups is 2. The first-order valence-electron chi connectivity index (χ1n) is 4.46. The Hall–Kier alpha value is -1.14. The van der Waals surface area contributed by atoms with Crippen molar-refractivity contribution in [1.29, 1.82) is 0 Å². The summed E-state index contributed by atoms with van der Waals surface area (Å²) in [6.45, 7) is 1.03. The molecule has 0 aliphatic heterocycles. The van der Waals surface area contributed by atoms with Crippen molar-refractivity contribution >= 4 is 11.9 Å². The Balaban J connectivity index is 3.74. The van der Waals surface area contributed by atoms with Gasteiger partial charge in [0, 0.05) is 0 Å². The monoisotopic (exact) mass is 204 g/mol. The molecule has 0 aromatic rings. The van der Waals surface area contributed by atoms with Crippen molar-refractivity contribution in [2.75, 3.05) is 13.1 Å². The van der Waals surface area contributed by atoms with Gasteiger partial charge in [-0.05, 0) is 25.9 Å². The predicted octanol–water partition coefficient (Wildman–Crippen LogP) is -0.757. The standard InChI is InChI=1S/C8H16N2O4/c9-3-1-2-4-10-6(8(13)14)5-7(11)12/h6,10H,1-5,9H2,(H,11,12)(H,13,14). The van der Waals surface area contributed by atoms with Crippen molar-refractivity contribution in [1.82, 2.24) is 5.32 Å². The molecule has 0 saturated carbocycles. The fraction of sp³-hybridized carbons (Fsp3) is 0.750. The molecule has 82 valence electrons. The van der Waals surface area contributed by atoms with Crippen LogP contribution in [0.2, 0.25) is 0 Å². The zero-order valence-electron chi connectivity index (χ0n) is 7.90. The third-order valence-corrected chi connectivity index (χ3v) is 1.70. The van der Waals surface area contributed by atoms with E-state index >= 15 is 0 Å². The quantitative estimate of drug-likeness (QED) is 0.387. The van der Waals surface area contributed by atoms with Crippen LogP contribution in [0, 0.1) is 0 Å². The van der Waals surface area contributed by atoms with Crippen LogP contribution < -0.4 is 11.1 Å². The molecule has 0 fully saturated rings. The van der Waals surface area contributed by atoms with Crippen LogP contribution in [0.4, 0.5) is 0 Å². The second-order valence-corrected chi connectivity index (χ2v) is 2.94. The second-order valence-electron chi connectivity index (χ2n) is 2.94. The number of aliphatic carboxylic acids is 2. The van der Waals surface area contributed by atoms with E-state index in [2.05, 4.69) is 5.32 Å². The van der Waals surface area contributed by atoms with Gasteiger partial charge < -0.3 is 21.3 Å². The third kappa shape index (κ3) is 6.38. The van der Waals surface area contributed by atoms with Gasteiger partial charge in [0.15, 0.2) is 0 Å². The fourth-order valence-corrected chi connectivity index (χ4v) is 0.967. The maximum absolute atomic E-state index is 10.5. The zero-order valence-corrected chi connectivity index (χ0v) is 7.90. The van der Waals surface area contributed by atoms with Crippen LogP contribution in [-0.2, 0) is 9.59 Å². The molecule has 0 spiro atoms. The topological polar surface area (TPSA) is 113 Å². The average Bonchev–Trinajstić information content (AvgIpc) is 2.09. The van der Waals surface area contributed by atoms with Gasteiger partial charge in [-0.25, -0.2) is 0 Å². The molecule has 6 nitrogen and oxygen atoms in total. The number of nitrogens with two attached hydrogens (primary N) is 1. The van der Waals surface area contributed by atoms with Crippen molar-refractivity contribution < 1.29 is 19.8 Å². The van der Waals surface area contributed by atoms with Crippen molar-refractivity contribution in [3.05, 3.63) is 0 Å². The first kappa shape index (κ1) is 12.9. The number of nitrogens with one attached hydrogen (secondary N) is 1. The Bertz CT molecular complexity index is 196. The minimum atomic E-state index is -1.14. The van der Waals surface area contributed by atoms with Gasteiger partial charge in [-0.1, -0.05) is 0 Å². The minimum absolute atomic E-state index is 0.405. The summed E-state index contributed by atoms with van der Waals surface area (Å²) in [5.74, 6) is -2.26. The molecule has 0 amide bonds. The summed E-state index contributed by atoms with van der Waals surface area (Å²) in [7, 11) is 0. The molecule has 0 aromatic carbocycles. The van der Waals surface area contributed by atoms with Gasteiger partial charge in [-0.15, -0.1) is 0 Å². The molecule has 1 unspecified atom stereocenters. The van der Waals surface area contributed by atoms with E-state index in [1.807, 2.05) is 0 Å². The van der Waals surface area contributed by atoms with E-state index in [1.165, 1.54) is 0 Å². The molecule has 0 bridgehead atoms. The van der Waals surface area contributed by atoms with Gasteiger partial charge in [0.05, 0.1) is 6.42 Å². The Morgan fingerprint density at radius 1 is 1.29 bits per heavy atom. The van der Waals surface area contributed by atoms with Crippen LogP contribution in [0.3, 0.4) is 0 Å². The average molecular weight is 204 g/mol. The number of unbranched alkanes of at least 4 members (excludes halogenated alkanes) is 1. The summed E-state index contributed by atoms with van der Waals surface area (Å²) in [5, 5.41) is 19.7. The molecule has 1 atom stereocenters. The summed E-state index contributed by atoms with van der Waals surface area (Å²) in [6.07, 6.45) is 1.14. The van der Waals surface area contributed by atoms with E-state index in [-0.39, 0.29) is 0 Å². The molecule has 0 saturated heterocycles. The number of carboxylic acid groups (broad SMARTS) is 2. The van der Waals surface area contributed by atoms with Gasteiger partial charge >= 0.3 is 11.9 Å². The Labute approximate surface area is 82.1 Å². The van der Waals surface area contributed by atoms with Gasteiger partial charge in [-0.2, -0.15) is 0 Å². The van der Waals surface area contributed by atoms with Crippen LogP contribution in [0.1, 0.15) is 19.3 Å². The number of rotatable bonds is 8. The van der Waals surface area contributed by atoms with Crippen LogP contribution in [0.5, 0.6) is 0 Å². The van der Waals surface area contributed by atoms with Gasteiger partial charge in [0.25, 0.3) is 0 Å². The van der Waals surface area contributed by atoms with Crippen molar-refractivity contribution in [3.63, 3.8) is 0 Å². The highest BCUT2D eigenvalue weighted by molar-refractivity contribution is 5.80. The van der Waals surface area contributed by atoms with Gasteiger partial charge in [-0.3, -0.25) is 9.59 Å². The maximum atomic E-state index is 10.5. The predicted molar refractivity (Wildman–Crippen MR) is 50.0 cm³/mol. The van der Waals surface area contributed by atoms with Crippen molar-refractivity contribution in [2.24, 2.45) is 5.73 Å².